The monoisotopic (exact) mass is 529 g/mol. The molecule has 6 rings (SSSR count). The molecule has 0 bridgehead atoms. The number of piperazine rings is 1. The molecule has 2 fully saturated rings. The smallest absolute Gasteiger partial charge is 0.303 e. The van der Waals surface area contributed by atoms with Crippen molar-refractivity contribution in [2.45, 2.75) is 31.7 Å². The maximum absolute atomic E-state index is 12.3. The second kappa shape index (κ2) is 10.8. The van der Waals surface area contributed by atoms with E-state index in [2.05, 4.69) is 54.0 Å². The van der Waals surface area contributed by atoms with Gasteiger partial charge in [0.1, 0.15) is 24.2 Å². The van der Waals surface area contributed by atoms with Gasteiger partial charge < -0.3 is 29.5 Å². The molecule has 4 aromatic rings. The van der Waals surface area contributed by atoms with Crippen LogP contribution < -0.4 is 14.5 Å². The molecule has 202 valence electrons. The highest BCUT2D eigenvalue weighted by Crippen LogP contribution is 2.32. The summed E-state index contributed by atoms with van der Waals surface area (Å²) in [5, 5.41) is 11.0. The fourth-order valence-electron chi connectivity index (χ4n) is 5.58. The zero-order valence-corrected chi connectivity index (χ0v) is 21.6. The molecule has 4 heterocycles. The molecule has 0 radical (unpaired) electrons. The van der Waals surface area contributed by atoms with Crippen molar-refractivity contribution < 1.29 is 19.4 Å². The average Bonchev–Trinajstić information content (AvgIpc) is 3.64. The van der Waals surface area contributed by atoms with Crippen LogP contribution in [0.2, 0.25) is 0 Å². The molecule has 0 unspecified atom stereocenters. The summed E-state index contributed by atoms with van der Waals surface area (Å²) in [6.45, 7) is 4.01. The highest BCUT2D eigenvalue weighted by molar-refractivity contribution is 5.91. The van der Waals surface area contributed by atoms with Crippen LogP contribution in [-0.4, -0.2) is 87.2 Å². The van der Waals surface area contributed by atoms with Gasteiger partial charge in [-0.15, -0.1) is 0 Å². The third-order valence-electron chi connectivity index (χ3n) is 7.66. The Morgan fingerprint density at radius 3 is 2.74 bits per heavy atom. The van der Waals surface area contributed by atoms with E-state index in [0.717, 1.165) is 52.9 Å². The Kier molecular flexibility index (Phi) is 6.87. The number of anilines is 2. The molecule has 1 atom stereocenters. The Labute approximate surface area is 225 Å². The Morgan fingerprint density at radius 2 is 1.90 bits per heavy atom. The zero-order chi connectivity index (χ0) is 26.8. The van der Waals surface area contributed by atoms with E-state index in [1.807, 2.05) is 12.1 Å². The van der Waals surface area contributed by atoms with Crippen molar-refractivity contribution >= 4 is 45.3 Å². The molecule has 11 nitrogen and oxygen atoms in total. The Bertz CT molecular complexity index is 1500. The summed E-state index contributed by atoms with van der Waals surface area (Å²) in [6, 6.07) is 12.7. The minimum atomic E-state index is -0.944. The molecule has 11 heteroatoms. The van der Waals surface area contributed by atoms with Gasteiger partial charge in [-0.05, 0) is 36.4 Å². The summed E-state index contributed by atoms with van der Waals surface area (Å²) in [6.07, 6.45) is 5.22. The molecular weight excluding hydrogens is 498 g/mol. The summed E-state index contributed by atoms with van der Waals surface area (Å²) < 4.78 is 6.46. The molecule has 0 aliphatic carbocycles. The lowest BCUT2D eigenvalue weighted by Gasteiger charge is -2.36. The SMILES string of the molecule is O=C(O)CCC(=O)N1CCN(c2ccc3cccc(OC[C@H]4CCCN4c4ncnc5nc[nH]c45)c3c2)CC1. The number of imidazole rings is 1. The van der Waals surface area contributed by atoms with Crippen molar-refractivity contribution in [1.82, 2.24) is 24.8 Å². The number of aliphatic carboxylic acids is 1. The minimum absolute atomic E-state index is 0.0500. The molecular formula is C28H31N7O4. The first-order valence-corrected chi connectivity index (χ1v) is 13.4. The molecule has 39 heavy (non-hydrogen) atoms. The van der Waals surface area contributed by atoms with E-state index in [-0.39, 0.29) is 24.8 Å². The number of carboxylic acid groups (broad SMARTS) is 1. The first kappa shape index (κ1) is 24.9. The van der Waals surface area contributed by atoms with E-state index in [9.17, 15) is 9.59 Å². The number of aromatic amines is 1. The number of carbonyl (C=O) groups excluding carboxylic acids is 1. The third-order valence-corrected chi connectivity index (χ3v) is 7.66. The fraction of sp³-hybridized carbons (Fsp3) is 0.393. The lowest BCUT2D eigenvalue weighted by molar-refractivity contribution is -0.141. The topological polar surface area (TPSA) is 128 Å². The van der Waals surface area contributed by atoms with Crippen LogP contribution in [-0.2, 0) is 9.59 Å². The quantitative estimate of drug-likeness (QED) is 0.354. The van der Waals surface area contributed by atoms with Gasteiger partial charge in [-0.2, -0.15) is 0 Å². The van der Waals surface area contributed by atoms with Crippen molar-refractivity contribution in [2.24, 2.45) is 0 Å². The number of hydrogen-bond acceptors (Lipinski definition) is 8. The van der Waals surface area contributed by atoms with Gasteiger partial charge >= 0.3 is 5.97 Å². The average molecular weight is 530 g/mol. The second-order valence-electron chi connectivity index (χ2n) is 10.0. The molecule has 1 amide bonds. The number of fused-ring (bicyclic) bond motifs is 2. The Balaban J connectivity index is 1.14. The highest BCUT2D eigenvalue weighted by atomic mass is 16.5. The first-order valence-electron chi connectivity index (χ1n) is 13.4. The van der Waals surface area contributed by atoms with Crippen molar-refractivity contribution in [3.05, 3.63) is 49.1 Å². The standard InChI is InChI=1S/C28H31N7O4/c36-24(8-9-25(37)38)34-13-11-33(12-14-34)20-7-6-19-3-1-5-23(22(19)15-20)39-16-21-4-2-10-35(21)28-26-27(30-17-29-26)31-18-32-28/h1,3,5-7,15,17-18,21H,2,4,8-14,16H2,(H,37,38)(H,29,30,31,32)/t21-/m1/s1. The van der Waals surface area contributed by atoms with E-state index in [4.69, 9.17) is 9.84 Å². The molecule has 0 saturated carbocycles. The molecule has 2 aliphatic rings. The maximum atomic E-state index is 12.3. The second-order valence-corrected chi connectivity index (χ2v) is 10.0. The van der Waals surface area contributed by atoms with Crippen molar-refractivity contribution in [3.8, 4) is 5.75 Å². The molecule has 2 saturated heterocycles. The third kappa shape index (κ3) is 5.16. The number of H-pyrrole nitrogens is 1. The van der Waals surface area contributed by atoms with Crippen LogP contribution in [0.4, 0.5) is 11.5 Å². The normalized spacial score (nSPS) is 17.7. The van der Waals surface area contributed by atoms with Crippen molar-refractivity contribution in [2.75, 3.05) is 49.1 Å². The number of rotatable bonds is 8. The number of carboxylic acids is 1. The van der Waals surface area contributed by atoms with E-state index in [1.165, 1.54) is 0 Å². The summed E-state index contributed by atoms with van der Waals surface area (Å²) >= 11 is 0. The predicted molar refractivity (Wildman–Crippen MR) is 147 cm³/mol. The van der Waals surface area contributed by atoms with Crippen LogP contribution in [0.15, 0.2) is 49.1 Å². The number of hydrogen-bond donors (Lipinski definition) is 2. The summed E-state index contributed by atoms with van der Waals surface area (Å²) in [4.78, 5) is 45.7. The van der Waals surface area contributed by atoms with Crippen LogP contribution in [0.1, 0.15) is 25.7 Å². The van der Waals surface area contributed by atoms with Gasteiger partial charge in [0.05, 0.1) is 18.8 Å². The van der Waals surface area contributed by atoms with E-state index < -0.39 is 5.97 Å². The lowest BCUT2D eigenvalue weighted by Crippen LogP contribution is -2.48. The molecule has 0 spiro atoms. The Hall–Kier alpha value is -4.41. The van der Waals surface area contributed by atoms with Crippen LogP contribution in [0, 0.1) is 0 Å². The van der Waals surface area contributed by atoms with Crippen LogP contribution in [0.25, 0.3) is 21.9 Å². The number of aromatic nitrogens is 4. The van der Waals surface area contributed by atoms with Gasteiger partial charge in [0.25, 0.3) is 0 Å². The number of amides is 1. The highest BCUT2D eigenvalue weighted by Gasteiger charge is 2.29. The van der Waals surface area contributed by atoms with E-state index in [0.29, 0.717) is 38.4 Å². The van der Waals surface area contributed by atoms with Gasteiger partial charge in [0, 0.05) is 50.2 Å². The summed E-state index contributed by atoms with van der Waals surface area (Å²) in [5.41, 5.74) is 2.60. The predicted octanol–water partition coefficient (Wildman–Crippen LogP) is 3.07. The number of ether oxygens (including phenoxy) is 1. The number of carbonyl (C=O) groups is 2. The van der Waals surface area contributed by atoms with E-state index in [1.54, 1.807) is 17.6 Å². The summed E-state index contributed by atoms with van der Waals surface area (Å²) in [7, 11) is 0. The van der Waals surface area contributed by atoms with Gasteiger partial charge in [-0.1, -0.05) is 18.2 Å². The zero-order valence-electron chi connectivity index (χ0n) is 21.6. The van der Waals surface area contributed by atoms with Gasteiger partial charge in [-0.25, -0.2) is 15.0 Å². The summed E-state index contributed by atoms with van der Waals surface area (Å²) in [5.74, 6) is 0.672. The molecule has 2 aromatic carbocycles. The number of nitrogens with one attached hydrogen (secondary N) is 1. The van der Waals surface area contributed by atoms with Gasteiger partial charge in [0.2, 0.25) is 5.91 Å². The minimum Gasteiger partial charge on any atom is -0.491 e. The van der Waals surface area contributed by atoms with Crippen LogP contribution in [0.3, 0.4) is 0 Å². The maximum Gasteiger partial charge on any atom is 0.303 e. The van der Waals surface area contributed by atoms with Crippen molar-refractivity contribution in [1.29, 1.82) is 0 Å². The van der Waals surface area contributed by atoms with Gasteiger partial charge in [-0.3, -0.25) is 9.59 Å². The van der Waals surface area contributed by atoms with Crippen molar-refractivity contribution in [3.63, 3.8) is 0 Å². The number of nitrogens with zero attached hydrogens (tertiary/aromatic N) is 6. The lowest BCUT2D eigenvalue weighted by atomic mass is 10.1. The fourth-order valence-corrected chi connectivity index (χ4v) is 5.58. The molecule has 2 aliphatic heterocycles. The Morgan fingerprint density at radius 1 is 1.03 bits per heavy atom. The first-order chi connectivity index (χ1) is 19.1. The van der Waals surface area contributed by atoms with Crippen LogP contribution >= 0.6 is 0 Å². The van der Waals surface area contributed by atoms with E-state index >= 15 is 0 Å². The molecule has 2 N–H and O–H groups in total. The van der Waals surface area contributed by atoms with Gasteiger partial charge in [0.15, 0.2) is 11.5 Å². The van der Waals surface area contributed by atoms with Crippen LogP contribution in [0.5, 0.6) is 5.75 Å². The largest absolute Gasteiger partial charge is 0.491 e. The molecule has 2 aromatic heterocycles. The number of benzene rings is 2.